The molecule has 0 spiro atoms. The first kappa shape index (κ1) is 15.8. The lowest BCUT2D eigenvalue weighted by Gasteiger charge is -2.13. The SMILES string of the molecule is CCc1nc(Br)cc(Nc2ccc(C)c(C(F)(F)F)c2)n1. The first-order chi connectivity index (χ1) is 9.79. The second kappa shape index (κ2) is 6.01. The third-order valence-corrected chi connectivity index (χ3v) is 3.28. The fourth-order valence-corrected chi connectivity index (χ4v) is 2.26. The number of rotatable bonds is 3. The van der Waals surface area contributed by atoms with E-state index in [4.69, 9.17) is 0 Å². The fourth-order valence-electron chi connectivity index (χ4n) is 1.84. The maximum atomic E-state index is 12.9. The highest BCUT2D eigenvalue weighted by atomic mass is 79.9. The molecule has 7 heteroatoms. The Bertz CT molecular complexity index is 656. The lowest BCUT2D eigenvalue weighted by atomic mass is 10.1. The van der Waals surface area contributed by atoms with Gasteiger partial charge in [0.15, 0.2) is 0 Å². The molecule has 2 rings (SSSR count). The van der Waals surface area contributed by atoms with Gasteiger partial charge in [0.25, 0.3) is 0 Å². The maximum Gasteiger partial charge on any atom is 0.416 e. The molecule has 0 radical (unpaired) electrons. The van der Waals surface area contributed by atoms with Gasteiger partial charge in [-0.05, 0) is 40.5 Å². The van der Waals surface area contributed by atoms with Crippen LogP contribution in [0.5, 0.6) is 0 Å². The van der Waals surface area contributed by atoms with Crippen LogP contribution in [0.2, 0.25) is 0 Å². The van der Waals surface area contributed by atoms with E-state index in [9.17, 15) is 13.2 Å². The van der Waals surface area contributed by atoms with E-state index in [-0.39, 0.29) is 5.56 Å². The summed E-state index contributed by atoms with van der Waals surface area (Å²) in [7, 11) is 0. The third kappa shape index (κ3) is 3.93. The Kier molecular flexibility index (Phi) is 4.51. The number of aryl methyl sites for hydroxylation is 2. The molecule has 0 aliphatic rings. The minimum Gasteiger partial charge on any atom is -0.340 e. The van der Waals surface area contributed by atoms with Crippen LogP contribution in [-0.2, 0) is 12.6 Å². The van der Waals surface area contributed by atoms with Crippen LogP contribution in [0.4, 0.5) is 24.7 Å². The van der Waals surface area contributed by atoms with Crippen molar-refractivity contribution in [1.82, 2.24) is 9.97 Å². The van der Waals surface area contributed by atoms with Gasteiger partial charge in [-0.15, -0.1) is 0 Å². The first-order valence-corrected chi connectivity index (χ1v) is 7.07. The molecule has 0 amide bonds. The second-order valence-corrected chi connectivity index (χ2v) is 5.31. The summed E-state index contributed by atoms with van der Waals surface area (Å²) in [6.07, 6.45) is -3.74. The molecule has 0 aliphatic heterocycles. The van der Waals surface area contributed by atoms with Crippen LogP contribution in [0.15, 0.2) is 28.9 Å². The van der Waals surface area contributed by atoms with E-state index in [0.717, 1.165) is 6.07 Å². The molecule has 3 nitrogen and oxygen atoms in total. The monoisotopic (exact) mass is 359 g/mol. The number of hydrogen-bond donors (Lipinski definition) is 1. The van der Waals surface area contributed by atoms with Gasteiger partial charge in [0.1, 0.15) is 16.2 Å². The van der Waals surface area contributed by atoms with Crippen molar-refractivity contribution in [3.8, 4) is 0 Å². The molecule has 0 atom stereocenters. The number of hydrogen-bond acceptors (Lipinski definition) is 3. The Morgan fingerprint density at radius 3 is 2.52 bits per heavy atom. The van der Waals surface area contributed by atoms with E-state index < -0.39 is 11.7 Å². The van der Waals surface area contributed by atoms with Crippen molar-refractivity contribution < 1.29 is 13.2 Å². The van der Waals surface area contributed by atoms with Crippen LogP contribution in [0.1, 0.15) is 23.9 Å². The van der Waals surface area contributed by atoms with Crippen molar-refractivity contribution in [3.63, 3.8) is 0 Å². The molecular weight excluding hydrogens is 347 g/mol. The van der Waals surface area contributed by atoms with Crippen molar-refractivity contribution in [3.05, 3.63) is 45.8 Å². The highest BCUT2D eigenvalue weighted by molar-refractivity contribution is 9.10. The molecule has 0 saturated carbocycles. The molecular formula is C14H13BrF3N3. The zero-order chi connectivity index (χ0) is 15.6. The number of halogens is 4. The number of aromatic nitrogens is 2. The summed E-state index contributed by atoms with van der Waals surface area (Å²) < 4.78 is 39.3. The van der Waals surface area contributed by atoms with Gasteiger partial charge in [0.2, 0.25) is 0 Å². The molecule has 1 aromatic carbocycles. The predicted molar refractivity (Wildman–Crippen MR) is 78.6 cm³/mol. The smallest absolute Gasteiger partial charge is 0.340 e. The van der Waals surface area contributed by atoms with Crippen LogP contribution in [0.3, 0.4) is 0 Å². The average Bonchev–Trinajstić information content (AvgIpc) is 2.39. The van der Waals surface area contributed by atoms with Crippen molar-refractivity contribution in [2.75, 3.05) is 5.32 Å². The molecule has 1 aromatic heterocycles. The standard InChI is InChI=1S/C14H13BrF3N3/c1-3-12-20-11(15)7-13(21-12)19-9-5-4-8(2)10(6-9)14(16,17)18/h4-7H,3H2,1-2H3,(H,19,20,21). The van der Waals surface area contributed by atoms with Crippen molar-refractivity contribution in [2.45, 2.75) is 26.4 Å². The summed E-state index contributed by atoms with van der Waals surface area (Å²) >= 11 is 3.25. The summed E-state index contributed by atoms with van der Waals surface area (Å²) in [4.78, 5) is 8.38. The lowest BCUT2D eigenvalue weighted by Crippen LogP contribution is -2.08. The molecule has 0 fully saturated rings. The van der Waals surface area contributed by atoms with E-state index >= 15 is 0 Å². The molecule has 1 heterocycles. The van der Waals surface area contributed by atoms with E-state index in [2.05, 4.69) is 31.2 Å². The summed E-state index contributed by atoms with van der Waals surface area (Å²) in [5.74, 6) is 1.06. The van der Waals surface area contributed by atoms with E-state index in [1.165, 1.54) is 13.0 Å². The Morgan fingerprint density at radius 1 is 1.19 bits per heavy atom. The largest absolute Gasteiger partial charge is 0.416 e. The maximum absolute atomic E-state index is 12.9. The van der Waals surface area contributed by atoms with Gasteiger partial charge in [-0.2, -0.15) is 13.2 Å². The zero-order valence-electron chi connectivity index (χ0n) is 11.4. The van der Waals surface area contributed by atoms with Crippen LogP contribution in [0.25, 0.3) is 0 Å². The van der Waals surface area contributed by atoms with E-state index in [1.807, 2.05) is 6.92 Å². The molecule has 112 valence electrons. The number of anilines is 2. The minimum atomic E-state index is -4.37. The zero-order valence-corrected chi connectivity index (χ0v) is 13.0. The molecule has 0 aliphatic carbocycles. The van der Waals surface area contributed by atoms with Crippen LogP contribution in [-0.4, -0.2) is 9.97 Å². The second-order valence-electron chi connectivity index (χ2n) is 4.50. The fraction of sp³-hybridized carbons (Fsp3) is 0.286. The van der Waals surface area contributed by atoms with Crippen LogP contribution < -0.4 is 5.32 Å². The van der Waals surface area contributed by atoms with Gasteiger partial charge in [0, 0.05) is 18.2 Å². The van der Waals surface area contributed by atoms with Gasteiger partial charge < -0.3 is 5.32 Å². The number of alkyl halides is 3. The Balaban J connectivity index is 2.34. The summed E-state index contributed by atoms with van der Waals surface area (Å²) in [5.41, 5.74) is -0.136. The normalized spacial score (nSPS) is 11.5. The topological polar surface area (TPSA) is 37.8 Å². The third-order valence-electron chi connectivity index (χ3n) is 2.87. The predicted octanol–water partition coefficient (Wildman–Crippen LogP) is 4.87. The van der Waals surface area contributed by atoms with Crippen LogP contribution in [0, 0.1) is 6.92 Å². The first-order valence-electron chi connectivity index (χ1n) is 6.28. The van der Waals surface area contributed by atoms with Gasteiger partial charge in [-0.1, -0.05) is 13.0 Å². The van der Waals surface area contributed by atoms with Crippen LogP contribution >= 0.6 is 15.9 Å². The van der Waals surface area contributed by atoms with Gasteiger partial charge in [-0.25, -0.2) is 9.97 Å². The molecule has 1 N–H and O–H groups in total. The summed E-state index contributed by atoms with van der Waals surface area (Å²) in [6, 6.07) is 5.72. The molecule has 0 bridgehead atoms. The van der Waals surface area contributed by atoms with Crippen molar-refractivity contribution >= 4 is 27.4 Å². The Labute approximate surface area is 128 Å². The minimum absolute atomic E-state index is 0.186. The Hall–Kier alpha value is -1.63. The van der Waals surface area contributed by atoms with Crippen molar-refractivity contribution in [1.29, 1.82) is 0 Å². The molecule has 0 unspecified atom stereocenters. The van der Waals surface area contributed by atoms with E-state index in [1.54, 1.807) is 12.1 Å². The summed E-state index contributed by atoms with van der Waals surface area (Å²) in [6.45, 7) is 3.34. The van der Waals surface area contributed by atoms with Gasteiger partial charge in [0.05, 0.1) is 5.56 Å². The van der Waals surface area contributed by atoms with E-state index in [0.29, 0.717) is 28.4 Å². The quantitative estimate of drug-likeness (QED) is 0.794. The number of benzene rings is 1. The van der Waals surface area contributed by atoms with Crippen molar-refractivity contribution in [2.24, 2.45) is 0 Å². The lowest BCUT2D eigenvalue weighted by molar-refractivity contribution is -0.138. The molecule has 0 saturated heterocycles. The van der Waals surface area contributed by atoms with Gasteiger partial charge >= 0.3 is 6.18 Å². The number of nitrogens with one attached hydrogen (secondary N) is 1. The highest BCUT2D eigenvalue weighted by Crippen LogP contribution is 2.34. The number of nitrogens with zero attached hydrogens (tertiary/aromatic N) is 2. The highest BCUT2D eigenvalue weighted by Gasteiger charge is 2.32. The van der Waals surface area contributed by atoms with Gasteiger partial charge in [-0.3, -0.25) is 0 Å². The summed E-state index contributed by atoms with van der Waals surface area (Å²) in [5, 5.41) is 2.88. The molecule has 21 heavy (non-hydrogen) atoms. The average molecular weight is 360 g/mol. The molecule has 2 aromatic rings. The Morgan fingerprint density at radius 2 is 1.90 bits per heavy atom.